The molecule has 0 aromatic heterocycles. The van der Waals surface area contributed by atoms with Crippen LogP contribution >= 0.6 is 0 Å². The van der Waals surface area contributed by atoms with Crippen molar-refractivity contribution in [3.8, 4) is 0 Å². The Labute approximate surface area is 132 Å². The summed E-state index contributed by atoms with van der Waals surface area (Å²) < 4.78 is 0. The Bertz CT molecular complexity index is 612. The summed E-state index contributed by atoms with van der Waals surface area (Å²) >= 11 is 0. The van der Waals surface area contributed by atoms with E-state index < -0.39 is 13.8 Å². The zero-order valence-corrected chi connectivity index (χ0v) is 13.7. The van der Waals surface area contributed by atoms with Crippen molar-refractivity contribution in [1.29, 1.82) is 0 Å². The molecule has 1 N–H and O–H groups in total. The predicted octanol–water partition coefficient (Wildman–Crippen LogP) is 2.08. The topological polar surface area (TPSA) is 20.2 Å². The lowest BCUT2D eigenvalue weighted by molar-refractivity contribution is 0.268. The number of benzene rings is 3. The van der Waals surface area contributed by atoms with Gasteiger partial charge in [-0.3, -0.25) is 0 Å². The smallest absolute Gasteiger partial charge is 0.178 e. The van der Waals surface area contributed by atoms with Gasteiger partial charge >= 0.3 is 0 Å². The van der Waals surface area contributed by atoms with Gasteiger partial charge in [-0.1, -0.05) is 91.0 Å². The van der Waals surface area contributed by atoms with Crippen molar-refractivity contribution in [2.45, 2.75) is 12.7 Å². The molecule has 22 heavy (non-hydrogen) atoms. The van der Waals surface area contributed by atoms with Gasteiger partial charge in [0.2, 0.25) is 0 Å². The third kappa shape index (κ3) is 2.41. The summed E-state index contributed by atoms with van der Waals surface area (Å²) in [5, 5.41) is 14.6. The van der Waals surface area contributed by atoms with Gasteiger partial charge in [-0.2, -0.15) is 0 Å². The van der Waals surface area contributed by atoms with E-state index in [0.29, 0.717) is 0 Å². The molecule has 0 heterocycles. The van der Waals surface area contributed by atoms with Crippen LogP contribution in [0.2, 0.25) is 0 Å². The second-order valence-corrected chi connectivity index (χ2v) is 9.77. The number of rotatable bonds is 4. The largest absolute Gasteiger partial charge is 0.396 e. The van der Waals surface area contributed by atoms with Gasteiger partial charge in [0, 0.05) is 0 Å². The van der Waals surface area contributed by atoms with Crippen molar-refractivity contribution in [2.24, 2.45) is 0 Å². The fourth-order valence-corrected chi connectivity index (χ4v) is 7.93. The minimum Gasteiger partial charge on any atom is -0.396 e. The monoisotopic (exact) mass is 304 g/mol. The second kappa shape index (κ2) is 6.30. The highest BCUT2D eigenvalue weighted by Gasteiger charge is 2.43. The van der Waals surface area contributed by atoms with Gasteiger partial charge in [0.25, 0.3) is 0 Å². The van der Waals surface area contributed by atoms with Crippen LogP contribution in [0.15, 0.2) is 91.0 Å². The SMILES string of the molecule is C[C@H](O)[Si](c1ccccc1)(c1ccccc1)c1ccccc1. The number of aliphatic hydroxyl groups excluding tert-OH is 1. The molecular weight excluding hydrogens is 284 g/mol. The Morgan fingerprint density at radius 3 is 1.09 bits per heavy atom. The van der Waals surface area contributed by atoms with E-state index in [1.54, 1.807) is 0 Å². The van der Waals surface area contributed by atoms with Crippen LogP contribution in [0, 0.1) is 0 Å². The van der Waals surface area contributed by atoms with Gasteiger partial charge < -0.3 is 5.11 Å². The summed E-state index contributed by atoms with van der Waals surface area (Å²) in [4.78, 5) is 0. The third-order valence-electron chi connectivity index (χ3n) is 4.31. The van der Waals surface area contributed by atoms with Gasteiger partial charge in [-0.15, -0.1) is 0 Å². The van der Waals surface area contributed by atoms with E-state index in [4.69, 9.17) is 0 Å². The molecule has 1 atom stereocenters. The molecule has 0 saturated carbocycles. The maximum Gasteiger partial charge on any atom is 0.178 e. The molecule has 0 aliphatic rings. The number of hydrogen-bond donors (Lipinski definition) is 1. The van der Waals surface area contributed by atoms with Crippen LogP contribution in [0.3, 0.4) is 0 Å². The maximum absolute atomic E-state index is 10.9. The molecule has 0 fully saturated rings. The Kier molecular flexibility index (Phi) is 4.23. The van der Waals surface area contributed by atoms with E-state index in [9.17, 15) is 5.11 Å². The molecule has 0 aliphatic heterocycles. The second-order valence-electron chi connectivity index (χ2n) is 5.58. The highest BCUT2D eigenvalue weighted by atomic mass is 28.3. The van der Waals surface area contributed by atoms with Gasteiger partial charge in [0.1, 0.15) is 0 Å². The summed E-state index contributed by atoms with van der Waals surface area (Å²) in [6, 6.07) is 31.4. The lowest BCUT2D eigenvalue weighted by Crippen LogP contribution is -2.73. The van der Waals surface area contributed by atoms with Crippen LogP contribution in [0.5, 0.6) is 0 Å². The predicted molar refractivity (Wildman–Crippen MR) is 95.7 cm³/mol. The van der Waals surface area contributed by atoms with E-state index in [-0.39, 0.29) is 0 Å². The average Bonchev–Trinajstić information content (AvgIpc) is 2.58. The van der Waals surface area contributed by atoms with Crippen LogP contribution < -0.4 is 15.6 Å². The molecule has 110 valence electrons. The molecule has 3 aromatic rings. The van der Waals surface area contributed by atoms with Crippen molar-refractivity contribution in [3.63, 3.8) is 0 Å². The highest BCUT2D eigenvalue weighted by molar-refractivity contribution is 7.12. The minimum atomic E-state index is -2.45. The van der Waals surface area contributed by atoms with Gasteiger partial charge in [0.15, 0.2) is 8.07 Å². The Morgan fingerprint density at radius 2 is 0.864 bits per heavy atom. The molecule has 3 aromatic carbocycles. The zero-order valence-electron chi connectivity index (χ0n) is 12.7. The first-order valence-corrected chi connectivity index (χ1v) is 9.68. The van der Waals surface area contributed by atoms with E-state index in [0.717, 1.165) is 0 Å². The lowest BCUT2D eigenvalue weighted by Gasteiger charge is -2.36. The summed E-state index contributed by atoms with van der Waals surface area (Å²) in [6.07, 6.45) is 0. The molecule has 0 spiro atoms. The Morgan fingerprint density at radius 1 is 0.591 bits per heavy atom. The van der Waals surface area contributed by atoms with Gasteiger partial charge in [-0.05, 0) is 22.5 Å². The molecule has 0 saturated heterocycles. The first-order chi connectivity index (χ1) is 10.8. The quantitative estimate of drug-likeness (QED) is 0.578. The summed E-state index contributed by atoms with van der Waals surface area (Å²) in [7, 11) is -2.45. The van der Waals surface area contributed by atoms with Crippen molar-refractivity contribution in [3.05, 3.63) is 91.0 Å². The fourth-order valence-electron chi connectivity index (χ4n) is 3.33. The summed E-state index contributed by atoms with van der Waals surface area (Å²) in [6.45, 7) is 1.93. The van der Waals surface area contributed by atoms with Crippen LogP contribution in [0.1, 0.15) is 6.92 Å². The molecule has 1 nitrogen and oxygen atoms in total. The average molecular weight is 304 g/mol. The third-order valence-corrected chi connectivity index (χ3v) is 9.30. The van der Waals surface area contributed by atoms with E-state index >= 15 is 0 Å². The molecule has 2 heteroatoms. The Hall–Kier alpha value is -2.16. The van der Waals surface area contributed by atoms with Crippen molar-refractivity contribution in [2.75, 3.05) is 0 Å². The molecule has 3 rings (SSSR count). The first kappa shape index (κ1) is 14.8. The molecule has 0 amide bonds. The van der Waals surface area contributed by atoms with Crippen molar-refractivity contribution < 1.29 is 5.11 Å². The van der Waals surface area contributed by atoms with Crippen molar-refractivity contribution >= 4 is 23.6 Å². The fraction of sp³-hybridized carbons (Fsp3) is 0.100. The zero-order chi connectivity index (χ0) is 15.4. The standard InChI is InChI=1S/C20H20OSi/c1-17(21)22(18-11-5-2-6-12-18,19-13-7-3-8-14-19)20-15-9-4-10-16-20/h2-17,21H,1H3/t17-/m1/s1. The Balaban J connectivity index is 2.34. The number of aliphatic hydroxyl groups is 1. The molecule has 0 aliphatic carbocycles. The van der Waals surface area contributed by atoms with Gasteiger partial charge in [0.05, 0.1) is 5.73 Å². The van der Waals surface area contributed by atoms with Crippen LogP contribution in [0.4, 0.5) is 0 Å². The van der Waals surface area contributed by atoms with E-state index in [2.05, 4.69) is 72.8 Å². The molecule has 0 unspecified atom stereocenters. The molecule has 0 bridgehead atoms. The van der Waals surface area contributed by atoms with E-state index in [1.807, 2.05) is 25.1 Å². The van der Waals surface area contributed by atoms with Gasteiger partial charge in [-0.25, -0.2) is 0 Å². The summed E-state index contributed by atoms with van der Waals surface area (Å²) in [5.74, 6) is 0. The maximum atomic E-state index is 10.9. The van der Waals surface area contributed by atoms with Crippen LogP contribution in [0.25, 0.3) is 0 Å². The summed E-state index contributed by atoms with van der Waals surface area (Å²) in [5.41, 5.74) is -0.417. The van der Waals surface area contributed by atoms with Crippen molar-refractivity contribution in [1.82, 2.24) is 0 Å². The normalized spacial score (nSPS) is 12.8. The van der Waals surface area contributed by atoms with Crippen LogP contribution in [-0.2, 0) is 0 Å². The van der Waals surface area contributed by atoms with Crippen LogP contribution in [-0.4, -0.2) is 18.9 Å². The minimum absolute atomic E-state index is 0.417. The van der Waals surface area contributed by atoms with E-state index in [1.165, 1.54) is 15.6 Å². The first-order valence-electron chi connectivity index (χ1n) is 7.61. The highest BCUT2D eigenvalue weighted by Crippen LogP contribution is 2.12. The molecule has 0 radical (unpaired) electrons. The lowest BCUT2D eigenvalue weighted by atomic mass is 10.3. The molecular formula is C20H20OSi. The number of hydrogen-bond acceptors (Lipinski definition) is 1.